The summed E-state index contributed by atoms with van der Waals surface area (Å²) in [7, 11) is -3.96. The predicted molar refractivity (Wildman–Crippen MR) is 158 cm³/mol. The molecule has 2 saturated carbocycles. The maximum atomic E-state index is 14.6. The van der Waals surface area contributed by atoms with Crippen LogP contribution < -0.4 is 0 Å². The maximum absolute atomic E-state index is 14.6. The van der Waals surface area contributed by atoms with E-state index in [9.17, 15) is 31.2 Å². The van der Waals surface area contributed by atoms with E-state index in [1.807, 2.05) is 35.2 Å². The van der Waals surface area contributed by atoms with Crippen LogP contribution in [-0.4, -0.2) is 60.5 Å². The number of ether oxygens (including phenoxy) is 1. The molecule has 6 rings (SSSR count). The van der Waals surface area contributed by atoms with Crippen LogP contribution >= 0.6 is 0 Å². The van der Waals surface area contributed by atoms with Crippen LogP contribution in [0.3, 0.4) is 0 Å². The summed E-state index contributed by atoms with van der Waals surface area (Å²) >= 11 is 0. The Morgan fingerprint density at radius 1 is 1.05 bits per heavy atom. The first-order valence-electron chi connectivity index (χ1n) is 15.3. The Morgan fingerprint density at radius 3 is 2.39 bits per heavy atom. The fraction of sp³-hybridized carbons (Fsp3) is 0.576. The van der Waals surface area contributed by atoms with Gasteiger partial charge in [0.15, 0.2) is 0 Å². The third-order valence-corrected chi connectivity index (χ3v) is 12.9. The number of sulfonamides is 1. The first-order chi connectivity index (χ1) is 20.6. The first kappa shape index (κ1) is 31.1. The van der Waals surface area contributed by atoms with E-state index in [1.165, 1.54) is 12.1 Å². The molecule has 2 heterocycles. The molecule has 2 aromatic carbocycles. The number of carbonyl (C=O) groups excluding carboxylic acids is 2. The van der Waals surface area contributed by atoms with Crippen LogP contribution in [0.25, 0.3) is 0 Å². The molecule has 11 heteroatoms. The van der Waals surface area contributed by atoms with Crippen molar-refractivity contribution in [2.75, 3.05) is 18.8 Å². The normalized spacial score (nSPS) is 30.6. The molecular weight excluding hydrogens is 593 g/mol. The molecule has 2 aliphatic carbocycles. The average Bonchev–Trinajstić information content (AvgIpc) is 3.59. The zero-order chi connectivity index (χ0) is 31.8. The first-order valence-corrected chi connectivity index (χ1v) is 16.9. The Bertz CT molecular complexity index is 1580. The minimum atomic E-state index is -4.84. The molecule has 0 N–H and O–H groups in total. The molecule has 2 aromatic rings. The van der Waals surface area contributed by atoms with Crippen LogP contribution in [0, 0.1) is 22.7 Å². The number of hydrogen-bond acceptors (Lipinski definition) is 6. The van der Waals surface area contributed by atoms with Crippen molar-refractivity contribution in [3.63, 3.8) is 0 Å². The summed E-state index contributed by atoms with van der Waals surface area (Å²) in [5.74, 6) is -3.33. The van der Waals surface area contributed by atoms with Crippen molar-refractivity contribution in [2.24, 2.45) is 22.7 Å². The van der Waals surface area contributed by atoms with Gasteiger partial charge in [0.25, 0.3) is 0 Å². The molecule has 2 bridgehead atoms. The van der Waals surface area contributed by atoms with Gasteiger partial charge in [-0.1, -0.05) is 56.3 Å². The van der Waals surface area contributed by atoms with Gasteiger partial charge >= 0.3 is 12.1 Å². The Kier molecular flexibility index (Phi) is 7.47. The molecule has 0 radical (unpaired) electrons. The number of fused-ring (bicyclic) bond motifs is 1. The number of rotatable bonds is 6. The number of halogens is 3. The van der Waals surface area contributed by atoms with Crippen molar-refractivity contribution in [3.8, 4) is 0 Å². The summed E-state index contributed by atoms with van der Waals surface area (Å²) in [5.41, 5.74) is -1.52. The fourth-order valence-corrected chi connectivity index (χ4v) is 11.4. The number of carbonyl (C=O) groups is 2. The molecule has 7 nitrogen and oxygen atoms in total. The Hall–Kier alpha value is -2.92. The van der Waals surface area contributed by atoms with E-state index in [0.29, 0.717) is 18.9 Å². The van der Waals surface area contributed by atoms with Gasteiger partial charge in [-0.25, -0.2) is 17.5 Å². The second-order valence-electron chi connectivity index (χ2n) is 13.9. The van der Waals surface area contributed by atoms with Crippen LogP contribution in [0.5, 0.6) is 0 Å². The summed E-state index contributed by atoms with van der Waals surface area (Å²) in [4.78, 5) is 29.8. The molecule has 1 amide bonds. The summed E-state index contributed by atoms with van der Waals surface area (Å²) in [5, 5.41) is 0. The Balaban J connectivity index is 1.44. The summed E-state index contributed by atoms with van der Waals surface area (Å²) in [6.07, 6.45) is -3.27. The highest BCUT2D eigenvalue weighted by Gasteiger charge is 2.72. The predicted octanol–water partition coefficient (Wildman–Crippen LogP) is 5.85. The molecule has 44 heavy (non-hydrogen) atoms. The van der Waals surface area contributed by atoms with Crippen molar-refractivity contribution in [1.82, 2.24) is 9.21 Å². The van der Waals surface area contributed by atoms with Gasteiger partial charge in [0.1, 0.15) is 0 Å². The lowest BCUT2D eigenvalue weighted by Crippen LogP contribution is -2.47. The number of likely N-dealkylation sites (tertiary alicyclic amines) is 1. The van der Waals surface area contributed by atoms with Gasteiger partial charge in [-0.2, -0.15) is 13.2 Å². The summed E-state index contributed by atoms with van der Waals surface area (Å²) in [6.45, 7) is 8.05. The minimum Gasteiger partial charge on any atom is -0.459 e. The molecule has 238 valence electrons. The average molecular weight is 633 g/mol. The van der Waals surface area contributed by atoms with Crippen molar-refractivity contribution in [2.45, 2.75) is 77.7 Å². The SMILES string of the molecule is CC(C)OC(=O)c1c(C2CN(Cc3ccccc3)CC2C(=O)N2C3CC4CCC3(CS2(=O)=O)C4(C)C)cccc1C(F)(F)F. The van der Waals surface area contributed by atoms with E-state index < -0.39 is 68.6 Å². The molecule has 2 saturated heterocycles. The number of hydrogen-bond donors (Lipinski definition) is 0. The molecule has 5 atom stereocenters. The highest BCUT2D eigenvalue weighted by atomic mass is 32.2. The van der Waals surface area contributed by atoms with E-state index in [2.05, 4.69) is 13.8 Å². The zero-order valence-corrected chi connectivity index (χ0v) is 26.2. The Labute approximate surface area is 256 Å². The van der Waals surface area contributed by atoms with E-state index >= 15 is 0 Å². The van der Waals surface area contributed by atoms with Gasteiger partial charge in [0.2, 0.25) is 15.9 Å². The topological polar surface area (TPSA) is 84.0 Å². The van der Waals surface area contributed by atoms with Crippen LogP contribution in [0.15, 0.2) is 48.5 Å². The van der Waals surface area contributed by atoms with Crippen LogP contribution in [0.2, 0.25) is 0 Å². The lowest BCUT2D eigenvalue weighted by molar-refractivity contribution is -0.138. The zero-order valence-electron chi connectivity index (χ0n) is 25.4. The summed E-state index contributed by atoms with van der Waals surface area (Å²) in [6, 6.07) is 12.6. The fourth-order valence-electron chi connectivity index (χ4n) is 8.78. The second kappa shape index (κ2) is 10.6. The number of benzene rings is 2. The minimum absolute atomic E-state index is 0.0546. The van der Waals surface area contributed by atoms with E-state index in [-0.39, 0.29) is 29.8 Å². The molecule has 5 unspecified atom stereocenters. The third-order valence-electron chi connectivity index (χ3n) is 10.9. The second-order valence-corrected chi connectivity index (χ2v) is 15.7. The molecule has 4 fully saturated rings. The summed E-state index contributed by atoms with van der Waals surface area (Å²) < 4.78 is 77.0. The van der Waals surface area contributed by atoms with Crippen LogP contribution in [-0.2, 0) is 32.3 Å². The standard InChI is InChI=1S/C33H39F3N2O5S/c1-20(2)43-30(40)28-23(11-8-12-26(28)33(34,35)36)24-17-37(16-21-9-6-5-7-10-21)18-25(24)29(39)38-27-15-22-13-14-32(27,31(22,3)4)19-44(38,41)42/h5-12,20,22,24-25,27H,13-19H2,1-4H3. The number of nitrogens with zero attached hydrogens (tertiary/aromatic N) is 2. The molecule has 2 aliphatic heterocycles. The van der Waals surface area contributed by atoms with Gasteiger partial charge in [0, 0.05) is 31.0 Å². The molecular formula is C33H39F3N2O5S. The van der Waals surface area contributed by atoms with Crippen molar-refractivity contribution < 1.29 is 35.9 Å². The maximum Gasteiger partial charge on any atom is 0.417 e. The lowest BCUT2D eigenvalue weighted by Gasteiger charge is -2.37. The van der Waals surface area contributed by atoms with E-state index in [4.69, 9.17) is 4.74 Å². The monoisotopic (exact) mass is 632 g/mol. The van der Waals surface area contributed by atoms with Gasteiger partial charge in [-0.05, 0) is 61.6 Å². The van der Waals surface area contributed by atoms with Gasteiger partial charge in [0.05, 0.1) is 34.9 Å². The van der Waals surface area contributed by atoms with E-state index in [1.54, 1.807) is 13.8 Å². The number of alkyl halides is 3. The molecule has 1 spiro atoms. The highest BCUT2D eigenvalue weighted by molar-refractivity contribution is 7.90. The van der Waals surface area contributed by atoms with E-state index in [0.717, 1.165) is 28.8 Å². The van der Waals surface area contributed by atoms with Crippen molar-refractivity contribution in [3.05, 3.63) is 70.8 Å². The van der Waals surface area contributed by atoms with Gasteiger partial charge in [-0.3, -0.25) is 9.69 Å². The third kappa shape index (κ3) is 4.85. The lowest BCUT2D eigenvalue weighted by atomic mass is 9.69. The molecule has 0 aromatic heterocycles. The van der Waals surface area contributed by atoms with Crippen molar-refractivity contribution >= 4 is 21.9 Å². The van der Waals surface area contributed by atoms with Crippen LogP contribution in [0.4, 0.5) is 13.2 Å². The highest BCUT2D eigenvalue weighted by Crippen LogP contribution is 2.70. The van der Waals surface area contributed by atoms with Gasteiger partial charge < -0.3 is 4.74 Å². The number of esters is 1. The number of amides is 1. The van der Waals surface area contributed by atoms with Gasteiger partial charge in [-0.15, -0.1) is 0 Å². The smallest absolute Gasteiger partial charge is 0.417 e. The van der Waals surface area contributed by atoms with Crippen molar-refractivity contribution in [1.29, 1.82) is 0 Å². The van der Waals surface area contributed by atoms with Crippen LogP contribution in [0.1, 0.15) is 79.9 Å². The molecule has 4 aliphatic rings. The quantitative estimate of drug-likeness (QED) is 0.372. The Morgan fingerprint density at radius 2 is 1.75 bits per heavy atom. The largest absolute Gasteiger partial charge is 0.459 e.